The Hall–Kier alpha value is -2.35. The van der Waals surface area contributed by atoms with Crippen LogP contribution in [-0.4, -0.2) is 56.4 Å². The van der Waals surface area contributed by atoms with Crippen molar-refractivity contribution in [3.05, 3.63) is 58.4 Å². The molecule has 0 spiro atoms. The molecular formula is C24H31ClN2O5. The van der Waals surface area contributed by atoms with Crippen molar-refractivity contribution in [2.75, 3.05) is 19.6 Å². The highest BCUT2D eigenvalue weighted by molar-refractivity contribution is 6.30. The zero-order valence-electron chi connectivity index (χ0n) is 18.3. The molecule has 3 N–H and O–H groups in total. The molecule has 1 fully saturated rings. The van der Waals surface area contributed by atoms with Crippen LogP contribution in [0.2, 0.25) is 5.02 Å². The Kier molecular flexibility index (Phi) is 7.98. The number of piperidine rings is 1. The second kappa shape index (κ2) is 10.5. The number of aliphatic hydroxyl groups is 1. The number of hydrogen-bond donors (Lipinski definition) is 3. The fourth-order valence-electron chi connectivity index (χ4n) is 4.78. The molecule has 32 heavy (non-hydrogen) atoms. The van der Waals surface area contributed by atoms with Crippen LogP contribution >= 0.6 is 11.6 Å². The second-order valence-corrected chi connectivity index (χ2v) is 9.13. The van der Waals surface area contributed by atoms with Gasteiger partial charge in [-0.05, 0) is 80.3 Å². The average molecular weight is 463 g/mol. The average Bonchev–Trinajstić information content (AvgIpc) is 3.16. The van der Waals surface area contributed by atoms with Crippen molar-refractivity contribution in [1.82, 2.24) is 9.47 Å². The molecule has 174 valence electrons. The van der Waals surface area contributed by atoms with Crippen molar-refractivity contribution >= 4 is 23.5 Å². The van der Waals surface area contributed by atoms with Crippen molar-refractivity contribution in [1.29, 1.82) is 0 Å². The summed E-state index contributed by atoms with van der Waals surface area (Å²) >= 11 is 5.98. The van der Waals surface area contributed by atoms with Crippen LogP contribution in [-0.2, 0) is 28.7 Å². The van der Waals surface area contributed by atoms with E-state index in [1.807, 2.05) is 24.3 Å². The van der Waals surface area contributed by atoms with Crippen molar-refractivity contribution in [2.45, 2.75) is 50.0 Å². The maximum absolute atomic E-state index is 11.0. The van der Waals surface area contributed by atoms with E-state index in [4.69, 9.17) is 31.4 Å². The van der Waals surface area contributed by atoms with Gasteiger partial charge in [0, 0.05) is 37.1 Å². The van der Waals surface area contributed by atoms with Gasteiger partial charge in [-0.15, -0.1) is 0 Å². The number of carboxylic acids is 2. The standard InChI is InChI=1S/C22H29ClN2O.C2H2O4/c1-24-13-10-20-17(3-2-4-21(20)24)9-14-25-15-11-22(26,12-16-25)18-5-7-19(23)8-6-18;3-1(4)2(5)6/h5-8,10,13,17,26H,2-4,9,11-12,14-16H2,1H3;(H,3,4)(H,5,6). The number of aryl methyl sites for hydroxylation is 1. The number of carboxylic acid groups (broad SMARTS) is 2. The van der Waals surface area contributed by atoms with Crippen molar-refractivity contribution < 1.29 is 24.9 Å². The van der Waals surface area contributed by atoms with Crippen LogP contribution in [0, 0.1) is 0 Å². The number of nitrogens with zero attached hydrogens (tertiary/aromatic N) is 2. The molecule has 4 rings (SSSR count). The van der Waals surface area contributed by atoms with Crippen LogP contribution in [0.15, 0.2) is 36.5 Å². The summed E-state index contributed by atoms with van der Waals surface area (Å²) in [5.74, 6) is -2.94. The lowest BCUT2D eigenvalue weighted by atomic mass is 9.83. The number of halogens is 1. The Morgan fingerprint density at radius 2 is 1.72 bits per heavy atom. The van der Waals surface area contributed by atoms with Gasteiger partial charge < -0.3 is 24.8 Å². The first-order valence-electron chi connectivity index (χ1n) is 11.0. The molecule has 7 nitrogen and oxygen atoms in total. The first-order valence-corrected chi connectivity index (χ1v) is 11.4. The fraction of sp³-hybridized carbons (Fsp3) is 0.500. The molecule has 2 aromatic rings. The van der Waals surface area contributed by atoms with E-state index in [9.17, 15) is 5.11 Å². The summed E-state index contributed by atoms with van der Waals surface area (Å²) in [4.78, 5) is 20.7. The lowest BCUT2D eigenvalue weighted by Crippen LogP contribution is -2.43. The van der Waals surface area contributed by atoms with Gasteiger partial charge in [-0.2, -0.15) is 0 Å². The molecule has 0 amide bonds. The van der Waals surface area contributed by atoms with Crippen LogP contribution in [0.3, 0.4) is 0 Å². The summed E-state index contributed by atoms with van der Waals surface area (Å²) in [6.45, 7) is 3.07. The Morgan fingerprint density at radius 3 is 2.31 bits per heavy atom. The summed E-state index contributed by atoms with van der Waals surface area (Å²) < 4.78 is 2.30. The highest BCUT2D eigenvalue weighted by atomic mass is 35.5. The van der Waals surface area contributed by atoms with Gasteiger partial charge in [-0.1, -0.05) is 23.7 Å². The smallest absolute Gasteiger partial charge is 0.414 e. The predicted octanol–water partition coefficient (Wildman–Crippen LogP) is 3.63. The van der Waals surface area contributed by atoms with E-state index in [2.05, 4.69) is 28.8 Å². The van der Waals surface area contributed by atoms with Crippen LogP contribution in [0.1, 0.15) is 54.8 Å². The Labute approximate surface area is 193 Å². The number of hydrogen-bond acceptors (Lipinski definition) is 4. The maximum atomic E-state index is 11.0. The van der Waals surface area contributed by atoms with E-state index >= 15 is 0 Å². The van der Waals surface area contributed by atoms with Gasteiger partial charge in [0.25, 0.3) is 0 Å². The zero-order chi connectivity index (χ0) is 23.3. The van der Waals surface area contributed by atoms with Crippen LogP contribution in [0.5, 0.6) is 0 Å². The van der Waals surface area contributed by atoms with E-state index in [0.717, 1.165) is 43.1 Å². The summed E-state index contributed by atoms with van der Waals surface area (Å²) in [5, 5.41) is 26.5. The molecule has 1 unspecified atom stereocenters. The summed E-state index contributed by atoms with van der Waals surface area (Å²) in [5.41, 5.74) is 3.42. The number of aromatic nitrogens is 1. The van der Waals surface area contributed by atoms with E-state index in [1.165, 1.54) is 31.4 Å². The third-order valence-corrected chi connectivity index (χ3v) is 6.94. The number of carbonyl (C=O) groups is 2. The molecule has 2 heterocycles. The molecule has 1 aliphatic carbocycles. The number of rotatable bonds is 4. The normalized spacial score (nSPS) is 20.0. The summed E-state index contributed by atoms with van der Waals surface area (Å²) in [6, 6.07) is 10.0. The number of likely N-dealkylation sites (tertiary alicyclic amines) is 1. The monoisotopic (exact) mass is 462 g/mol. The van der Waals surface area contributed by atoms with Crippen molar-refractivity contribution in [3.63, 3.8) is 0 Å². The maximum Gasteiger partial charge on any atom is 0.414 e. The van der Waals surface area contributed by atoms with Crippen molar-refractivity contribution in [2.24, 2.45) is 7.05 Å². The third-order valence-electron chi connectivity index (χ3n) is 6.68. The largest absolute Gasteiger partial charge is 0.473 e. The number of aliphatic carboxylic acids is 2. The molecular weight excluding hydrogens is 432 g/mol. The Morgan fingerprint density at radius 1 is 1.09 bits per heavy atom. The van der Waals surface area contributed by atoms with Gasteiger partial charge in [0.1, 0.15) is 0 Å². The number of benzene rings is 1. The highest BCUT2D eigenvalue weighted by Gasteiger charge is 2.34. The topological polar surface area (TPSA) is 103 Å². The Balaban J connectivity index is 0.000000427. The molecule has 1 aromatic carbocycles. The number of fused-ring (bicyclic) bond motifs is 1. The molecule has 0 saturated carbocycles. The highest BCUT2D eigenvalue weighted by Crippen LogP contribution is 2.36. The molecule has 0 radical (unpaired) electrons. The Bertz CT molecular complexity index is 920. The van der Waals surface area contributed by atoms with Crippen LogP contribution in [0.25, 0.3) is 0 Å². The van der Waals surface area contributed by atoms with Gasteiger partial charge in [0.05, 0.1) is 5.60 Å². The van der Waals surface area contributed by atoms with E-state index in [1.54, 1.807) is 5.56 Å². The molecule has 0 bridgehead atoms. The predicted molar refractivity (Wildman–Crippen MR) is 122 cm³/mol. The minimum Gasteiger partial charge on any atom is -0.473 e. The van der Waals surface area contributed by atoms with E-state index < -0.39 is 17.5 Å². The summed E-state index contributed by atoms with van der Waals surface area (Å²) in [6.07, 6.45) is 8.91. The molecule has 1 aliphatic heterocycles. The first kappa shape index (κ1) is 24.3. The van der Waals surface area contributed by atoms with E-state index in [-0.39, 0.29) is 0 Å². The second-order valence-electron chi connectivity index (χ2n) is 8.70. The van der Waals surface area contributed by atoms with Crippen molar-refractivity contribution in [3.8, 4) is 0 Å². The molecule has 1 saturated heterocycles. The molecule has 8 heteroatoms. The van der Waals surface area contributed by atoms with Gasteiger partial charge in [-0.25, -0.2) is 9.59 Å². The molecule has 1 aromatic heterocycles. The third kappa shape index (κ3) is 5.91. The van der Waals surface area contributed by atoms with Gasteiger partial charge >= 0.3 is 11.9 Å². The lowest BCUT2D eigenvalue weighted by Gasteiger charge is -2.39. The van der Waals surface area contributed by atoms with E-state index in [0.29, 0.717) is 5.92 Å². The molecule has 1 atom stereocenters. The minimum atomic E-state index is -1.82. The first-order chi connectivity index (χ1) is 15.2. The van der Waals surface area contributed by atoms with Crippen LogP contribution < -0.4 is 0 Å². The van der Waals surface area contributed by atoms with Crippen LogP contribution in [0.4, 0.5) is 0 Å². The van der Waals surface area contributed by atoms with Gasteiger partial charge in [0.2, 0.25) is 0 Å². The minimum absolute atomic E-state index is 0.696. The van der Waals surface area contributed by atoms with Gasteiger partial charge in [-0.3, -0.25) is 0 Å². The summed E-state index contributed by atoms with van der Waals surface area (Å²) in [7, 11) is 2.17. The SMILES string of the molecule is Cn1ccc2c1CCCC2CCN1CCC(O)(c2ccc(Cl)cc2)CC1.O=C(O)C(=O)O. The quantitative estimate of drug-likeness (QED) is 0.599. The zero-order valence-corrected chi connectivity index (χ0v) is 19.1. The lowest BCUT2D eigenvalue weighted by molar-refractivity contribution is -0.159. The fourth-order valence-corrected chi connectivity index (χ4v) is 4.91. The van der Waals surface area contributed by atoms with Gasteiger partial charge in [0.15, 0.2) is 0 Å². The molecule has 2 aliphatic rings.